The minimum atomic E-state index is -0.359. The van der Waals surface area contributed by atoms with Crippen molar-refractivity contribution in [1.82, 2.24) is 4.90 Å². The summed E-state index contributed by atoms with van der Waals surface area (Å²) >= 11 is 0. The lowest BCUT2D eigenvalue weighted by atomic mass is 10.1. The molecule has 1 N–H and O–H groups in total. The molecule has 1 saturated heterocycles. The van der Waals surface area contributed by atoms with Crippen LogP contribution in [0.5, 0.6) is 0 Å². The van der Waals surface area contributed by atoms with Crippen molar-refractivity contribution < 1.29 is 14.0 Å². The SMILES string of the molecule is O=C(Nc1ccc(F)cc1)c1cccc(C(=O)N2CCCCC2)c1. The maximum absolute atomic E-state index is 12.9. The first-order chi connectivity index (χ1) is 11.6. The second kappa shape index (κ2) is 7.25. The Balaban J connectivity index is 1.73. The van der Waals surface area contributed by atoms with Crippen LogP contribution in [0.1, 0.15) is 40.0 Å². The van der Waals surface area contributed by atoms with Gasteiger partial charge in [0.25, 0.3) is 11.8 Å². The van der Waals surface area contributed by atoms with Crippen LogP contribution in [0.4, 0.5) is 10.1 Å². The van der Waals surface area contributed by atoms with Crippen LogP contribution in [-0.2, 0) is 0 Å². The van der Waals surface area contributed by atoms with Gasteiger partial charge in [-0.25, -0.2) is 4.39 Å². The highest BCUT2D eigenvalue weighted by Gasteiger charge is 2.19. The second-order valence-corrected chi connectivity index (χ2v) is 5.89. The topological polar surface area (TPSA) is 49.4 Å². The summed E-state index contributed by atoms with van der Waals surface area (Å²) in [6.45, 7) is 1.54. The van der Waals surface area contributed by atoms with Gasteiger partial charge < -0.3 is 10.2 Å². The molecule has 1 aliphatic heterocycles. The molecule has 5 heteroatoms. The van der Waals surface area contributed by atoms with E-state index in [1.807, 2.05) is 4.90 Å². The molecule has 1 aliphatic rings. The Labute approximate surface area is 140 Å². The van der Waals surface area contributed by atoms with Crippen molar-refractivity contribution >= 4 is 17.5 Å². The number of piperidine rings is 1. The molecule has 0 atom stereocenters. The number of hydrogen-bond donors (Lipinski definition) is 1. The van der Waals surface area contributed by atoms with Crippen LogP contribution >= 0.6 is 0 Å². The molecule has 2 aromatic rings. The minimum absolute atomic E-state index is 0.0360. The summed E-state index contributed by atoms with van der Waals surface area (Å²) in [6.07, 6.45) is 3.21. The monoisotopic (exact) mass is 326 g/mol. The van der Waals surface area contributed by atoms with Crippen molar-refractivity contribution in [2.45, 2.75) is 19.3 Å². The molecule has 0 unspecified atom stereocenters. The van der Waals surface area contributed by atoms with Crippen LogP contribution < -0.4 is 5.32 Å². The van der Waals surface area contributed by atoms with Crippen molar-refractivity contribution in [3.63, 3.8) is 0 Å². The van der Waals surface area contributed by atoms with Crippen LogP contribution in [0.2, 0.25) is 0 Å². The highest BCUT2D eigenvalue weighted by molar-refractivity contribution is 6.06. The number of nitrogens with one attached hydrogen (secondary N) is 1. The van der Waals surface area contributed by atoms with Gasteiger partial charge in [-0.3, -0.25) is 9.59 Å². The Morgan fingerprint density at radius 1 is 0.917 bits per heavy atom. The maximum Gasteiger partial charge on any atom is 0.255 e. The van der Waals surface area contributed by atoms with Gasteiger partial charge in [-0.1, -0.05) is 6.07 Å². The lowest BCUT2D eigenvalue weighted by Crippen LogP contribution is -2.35. The summed E-state index contributed by atoms with van der Waals surface area (Å²) < 4.78 is 12.9. The van der Waals surface area contributed by atoms with E-state index in [0.29, 0.717) is 16.8 Å². The van der Waals surface area contributed by atoms with Crippen LogP contribution in [0, 0.1) is 5.82 Å². The predicted molar refractivity (Wildman–Crippen MR) is 90.5 cm³/mol. The molecular formula is C19H19FN2O2. The van der Waals surface area contributed by atoms with Gasteiger partial charge >= 0.3 is 0 Å². The molecule has 4 nitrogen and oxygen atoms in total. The second-order valence-electron chi connectivity index (χ2n) is 5.89. The number of benzene rings is 2. The molecule has 0 aromatic heterocycles. The van der Waals surface area contributed by atoms with E-state index in [-0.39, 0.29) is 17.6 Å². The summed E-state index contributed by atoms with van der Waals surface area (Å²) in [5.41, 5.74) is 1.43. The fourth-order valence-corrected chi connectivity index (χ4v) is 2.81. The van der Waals surface area contributed by atoms with Crippen LogP contribution in [-0.4, -0.2) is 29.8 Å². The smallest absolute Gasteiger partial charge is 0.255 e. The molecule has 2 amide bonds. The Kier molecular flexibility index (Phi) is 4.89. The van der Waals surface area contributed by atoms with E-state index in [1.165, 1.54) is 24.3 Å². The first kappa shape index (κ1) is 16.2. The average molecular weight is 326 g/mol. The van der Waals surface area contributed by atoms with E-state index in [1.54, 1.807) is 24.3 Å². The number of halogens is 1. The quantitative estimate of drug-likeness (QED) is 0.935. The first-order valence-corrected chi connectivity index (χ1v) is 8.10. The number of carbonyl (C=O) groups is 2. The van der Waals surface area contributed by atoms with Gasteiger partial charge in [0.1, 0.15) is 5.82 Å². The van der Waals surface area contributed by atoms with Crippen molar-refractivity contribution in [3.8, 4) is 0 Å². The molecule has 1 heterocycles. The Morgan fingerprint density at radius 3 is 2.29 bits per heavy atom. The van der Waals surface area contributed by atoms with Crippen molar-refractivity contribution in [2.24, 2.45) is 0 Å². The molecule has 0 aliphatic carbocycles. The molecule has 0 saturated carbocycles. The Hall–Kier alpha value is -2.69. The van der Waals surface area contributed by atoms with Gasteiger partial charge in [-0.15, -0.1) is 0 Å². The minimum Gasteiger partial charge on any atom is -0.339 e. The number of amides is 2. The first-order valence-electron chi connectivity index (χ1n) is 8.10. The summed E-state index contributed by atoms with van der Waals surface area (Å²) in [5, 5.41) is 2.70. The fraction of sp³-hybridized carbons (Fsp3) is 0.263. The van der Waals surface area contributed by atoms with E-state index in [2.05, 4.69) is 5.32 Å². The highest BCUT2D eigenvalue weighted by atomic mass is 19.1. The fourth-order valence-electron chi connectivity index (χ4n) is 2.81. The molecule has 24 heavy (non-hydrogen) atoms. The molecule has 0 radical (unpaired) electrons. The number of carbonyl (C=O) groups excluding carboxylic acids is 2. The van der Waals surface area contributed by atoms with E-state index in [4.69, 9.17) is 0 Å². The van der Waals surface area contributed by atoms with Crippen LogP contribution in [0.3, 0.4) is 0 Å². The summed E-state index contributed by atoms with van der Waals surface area (Å²) in [4.78, 5) is 26.7. The van der Waals surface area contributed by atoms with Crippen LogP contribution in [0.25, 0.3) is 0 Å². The summed E-state index contributed by atoms with van der Waals surface area (Å²) in [5.74, 6) is -0.719. The zero-order valence-electron chi connectivity index (χ0n) is 13.3. The number of anilines is 1. The van der Waals surface area contributed by atoms with Gasteiger partial charge in [0.15, 0.2) is 0 Å². The molecular weight excluding hydrogens is 307 g/mol. The lowest BCUT2D eigenvalue weighted by Gasteiger charge is -2.26. The number of likely N-dealkylation sites (tertiary alicyclic amines) is 1. The van der Waals surface area contributed by atoms with Gasteiger partial charge in [0, 0.05) is 29.9 Å². The molecule has 0 bridgehead atoms. The number of rotatable bonds is 3. The third-order valence-electron chi connectivity index (χ3n) is 4.12. The molecule has 124 valence electrons. The van der Waals surface area contributed by atoms with E-state index >= 15 is 0 Å². The van der Waals surface area contributed by atoms with Gasteiger partial charge in [-0.05, 0) is 61.7 Å². The zero-order valence-corrected chi connectivity index (χ0v) is 13.3. The Bertz CT molecular complexity index is 737. The average Bonchev–Trinajstić information content (AvgIpc) is 2.64. The molecule has 2 aromatic carbocycles. The largest absolute Gasteiger partial charge is 0.339 e. The van der Waals surface area contributed by atoms with Crippen molar-refractivity contribution in [3.05, 3.63) is 65.5 Å². The zero-order chi connectivity index (χ0) is 16.9. The summed E-state index contributed by atoms with van der Waals surface area (Å²) in [6, 6.07) is 12.3. The third kappa shape index (κ3) is 3.79. The predicted octanol–water partition coefficient (Wildman–Crippen LogP) is 3.70. The number of nitrogens with zero attached hydrogens (tertiary/aromatic N) is 1. The molecule has 3 rings (SSSR count). The van der Waals surface area contributed by atoms with E-state index in [0.717, 1.165) is 32.4 Å². The maximum atomic E-state index is 12.9. The normalized spacial score (nSPS) is 14.3. The lowest BCUT2D eigenvalue weighted by molar-refractivity contribution is 0.0724. The van der Waals surface area contributed by atoms with E-state index in [9.17, 15) is 14.0 Å². The standard InChI is InChI=1S/C19H19FN2O2/c20-16-7-9-17(10-8-16)21-18(23)14-5-4-6-15(13-14)19(24)22-11-2-1-3-12-22/h4-10,13H,1-3,11-12H2,(H,21,23). The van der Waals surface area contributed by atoms with Gasteiger partial charge in [-0.2, -0.15) is 0 Å². The van der Waals surface area contributed by atoms with Crippen molar-refractivity contribution in [2.75, 3.05) is 18.4 Å². The van der Waals surface area contributed by atoms with Gasteiger partial charge in [0.05, 0.1) is 0 Å². The van der Waals surface area contributed by atoms with Gasteiger partial charge in [0.2, 0.25) is 0 Å². The molecule has 0 spiro atoms. The van der Waals surface area contributed by atoms with Crippen molar-refractivity contribution in [1.29, 1.82) is 0 Å². The van der Waals surface area contributed by atoms with Crippen LogP contribution in [0.15, 0.2) is 48.5 Å². The summed E-state index contributed by atoms with van der Waals surface area (Å²) in [7, 11) is 0. The molecule has 1 fully saturated rings. The highest BCUT2D eigenvalue weighted by Crippen LogP contribution is 2.16. The van der Waals surface area contributed by atoms with E-state index < -0.39 is 0 Å². The third-order valence-corrected chi connectivity index (χ3v) is 4.12. The number of hydrogen-bond acceptors (Lipinski definition) is 2. The Morgan fingerprint density at radius 2 is 1.58 bits per heavy atom.